The van der Waals surface area contributed by atoms with Crippen LogP contribution in [0.15, 0.2) is 12.1 Å². The van der Waals surface area contributed by atoms with E-state index in [2.05, 4.69) is 4.90 Å². The fourth-order valence-electron chi connectivity index (χ4n) is 5.14. The molecule has 2 aromatic rings. The van der Waals surface area contributed by atoms with Crippen LogP contribution in [0.4, 0.5) is 0 Å². The summed E-state index contributed by atoms with van der Waals surface area (Å²) in [6, 6.07) is 3.34. The first-order valence-corrected chi connectivity index (χ1v) is 10.4. The first-order valence-electron chi connectivity index (χ1n) is 10.4. The van der Waals surface area contributed by atoms with E-state index in [4.69, 9.17) is 34.2 Å². The van der Waals surface area contributed by atoms with Crippen LogP contribution in [0.1, 0.15) is 44.8 Å². The second-order valence-electron chi connectivity index (χ2n) is 7.94. The van der Waals surface area contributed by atoms with Crippen molar-refractivity contribution in [1.82, 2.24) is 4.90 Å². The van der Waals surface area contributed by atoms with Crippen molar-refractivity contribution < 1.29 is 33.2 Å². The first-order chi connectivity index (χ1) is 15.5. The molecule has 0 aromatic heterocycles. The summed E-state index contributed by atoms with van der Waals surface area (Å²) in [5, 5.41) is 0. The van der Waals surface area contributed by atoms with Gasteiger partial charge >= 0.3 is 5.97 Å². The highest BCUT2D eigenvalue weighted by Crippen LogP contribution is 2.56. The molecule has 0 saturated heterocycles. The molecule has 0 saturated carbocycles. The molecule has 0 radical (unpaired) electrons. The van der Waals surface area contributed by atoms with Crippen molar-refractivity contribution in [2.24, 2.45) is 5.73 Å². The lowest BCUT2D eigenvalue weighted by atomic mass is 9.83. The highest BCUT2D eigenvalue weighted by Gasteiger charge is 2.47. The van der Waals surface area contributed by atoms with Crippen molar-refractivity contribution >= 4 is 5.97 Å². The van der Waals surface area contributed by atoms with Gasteiger partial charge in [-0.05, 0) is 25.1 Å². The number of likely N-dealkylation sites (N-methyl/N-ethyl adjacent to an activating group) is 1. The number of ether oxygens (including phenoxy) is 6. The Balaban J connectivity index is 1.73. The summed E-state index contributed by atoms with van der Waals surface area (Å²) in [6.45, 7) is 1.17. The lowest BCUT2D eigenvalue weighted by molar-refractivity contribution is 0.00869. The van der Waals surface area contributed by atoms with Crippen LogP contribution in [0.2, 0.25) is 0 Å². The maximum atomic E-state index is 13.0. The molecule has 170 valence electrons. The van der Waals surface area contributed by atoms with Crippen molar-refractivity contribution in [3.05, 3.63) is 39.9 Å². The Morgan fingerprint density at radius 1 is 1.09 bits per heavy atom. The Kier molecular flexibility index (Phi) is 5.02. The van der Waals surface area contributed by atoms with Gasteiger partial charge in [0.05, 0.1) is 27.4 Å². The molecule has 2 aromatic carbocycles. The van der Waals surface area contributed by atoms with Gasteiger partial charge in [0.1, 0.15) is 11.7 Å². The van der Waals surface area contributed by atoms with Crippen LogP contribution >= 0.6 is 0 Å². The minimum atomic E-state index is -0.568. The second-order valence-corrected chi connectivity index (χ2v) is 7.94. The van der Waals surface area contributed by atoms with E-state index in [0.29, 0.717) is 40.9 Å². The van der Waals surface area contributed by atoms with Crippen LogP contribution in [0.3, 0.4) is 0 Å². The Morgan fingerprint density at radius 2 is 1.84 bits per heavy atom. The second kappa shape index (κ2) is 7.75. The molecule has 0 unspecified atom stereocenters. The van der Waals surface area contributed by atoms with E-state index in [1.165, 1.54) is 14.2 Å². The number of hydrogen-bond donors (Lipinski definition) is 1. The minimum absolute atomic E-state index is 0.111. The predicted octanol–water partition coefficient (Wildman–Crippen LogP) is 2.34. The normalized spacial score (nSPS) is 21.1. The smallest absolute Gasteiger partial charge is 0.343 e. The third-order valence-corrected chi connectivity index (χ3v) is 6.53. The molecule has 9 heteroatoms. The van der Waals surface area contributed by atoms with Gasteiger partial charge in [0.2, 0.25) is 12.5 Å². The molecule has 0 fully saturated rings. The molecule has 0 bridgehead atoms. The number of carbonyl (C=O) groups excluding carboxylic acids is 1. The topological polar surface area (TPSA) is 102 Å². The highest BCUT2D eigenvalue weighted by atomic mass is 16.7. The number of nitrogens with two attached hydrogens (primary N) is 1. The number of rotatable bonds is 5. The molecule has 5 rings (SSSR count). The fraction of sp³-hybridized carbons (Fsp3) is 0.435. The summed E-state index contributed by atoms with van der Waals surface area (Å²) in [5.41, 5.74) is 10.1. The molecule has 3 aliphatic rings. The first kappa shape index (κ1) is 20.7. The molecular weight excluding hydrogens is 416 g/mol. The average molecular weight is 442 g/mol. The molecular formula is C23H26N2O7. The van der Waals surface area contributed by atoms with Gasteiger partial charge in [0, 0.05) is 29.8 Å². The lowest BCUT2D eigenvalue weighted by Crippen LogP contribution is -2.37. The van der Waals surface area contributed by atoms with E-state index in [-0.39, 0.29) is 12.8 Å². The zero-order chi connectivity index (χ0) is 22.6. The van der Waals surface area contributed by atoms with Crippen LogP contribution in [0.5, 0.6) is 28.7 Å². The summed E-state index contributed by atoms with van der Waals surface area (Å²) < 4.78 is 34.2. The molecule has 2 N–H and O–H groups in total. The number of hydrogen-bond acceptors (Lipinski definition) is 9. The lowest BCUT2D eigenvalue weighted by Gasteiger charge is -2.39. The van der Waals surface area contributed by atoms with Crippen molar-refractivity contribution in [3.63, 3.8) is 0 Å². The summed E-state index contributed by atoms with van der Waals surface area (Å²) in [5.74, 6) is 2.18. The Hall–Kier alpha value is -3.17. The van der Waals surface area contributed by atoms with Gasteiger partial charge in [-0.3, -0.25) is 4.90 Å². The maximum absolute atomic E-state index is 13.0. The van der Waals surface area contributed by atoms with E-state index in [1.54, 1.807) is 13.2 Å². The number of cyclic esters (lactones) is 1. The van der Waals surface area contributed by atoms with Crippen molar-refractivity contribution in [2.75, 3.05) is 41.7 Å². The zero-order valence-electron chi connectivity index (χ0n) is 18.5. The third-order valence-electron chi connectivity index (χ3n) is 6.53. The number of methoxy groups -OCH3 is 3. The van der Waals surface area contributed by atoms with Gasteiger partial charge in [0.15, 0.2) is 23.0 Å². The van der Waals surface area contributed by atoms with E-state index < -0.39 is 12.1 Å². The SMILES string of the molecule is COc1ccc2c(c1OC)C(=O)O[C@@H]2[C@H]1c2c(c(CN)c3c(c2OC)OCO3)CCN1C. The van der Waals surface area contributed by atoms with E-state index in [9.17, 15) is 4.79 Å². The number of fused-ring (bicyclic) bond motifs is 3. The molecule has 0 spiro atoms. The van der Waals surface area contributed by atoms with Gasteiger partial charge in [-0.1, -0.05) is 6.07 Å². The number of carbonyl (C=O) groups is 1. The van der Waals surface area contributed by atoms with Crippen LogP contribution in [0.25, 0.3) is 0 Å². The number of benzene rings is 2. The quantitative estimate of drug-likeness (QED) is 0.699. The van der Waals surface area contributed by atoms with Gasteiger partial charge < -0.3 is 34.2 Å². The Labute approximate surface area is 185 Å². The molecule has 0 amide bonds. The largest absolute Gasteiger partial charge is 0.493 e. The molecule has 32 heavy (non-hydrogen) atoms. The summed E-state index contributed by atoms with van der Waals surface area (Å²) in [6.07, 6.45) is 0.197. The average Bonchev–Trinajstić information content (AvgIpc) is 3.41. The number of esters is 1. The van der Waals surface area contributed by atoms with Crippen LogP contribution < -0.4 is 29.4 Å². The highest BCUT2D eigenvalue weighted by molar-refractivity contribution is 5.98. The summed E-state index contributed by atoms with van der Waals surface area (Å²) in [7, 11) is 6.66. The molecule has 3 aliphatic heterocycles. The Morgan fingerprint density at radius 3 is 2.53 bits per heavy atom. The van der Waals surface area contributed by atoms with Crippen LogP contribution in [0, 0.1) is 0 Å². The zero-order valence-corrected chi connectivity index (χ0v) is 18.5. The van der Waals surface area contributed by atoms with E-state index in [0.717, 1.165) is 35.2 Å². The Bertz CT molecular complexity index is 1100. The third kappa shape index (κ3) is 2.74. The van der Waals surface area contributed by atoms with Gasteiger partial charge in [-0.2, -0.15) is 0 Å². The van der Waals surface area contributed by atoms with Gasteiger partial charge in [-0.15, -0.1) is 0 Å². The number of nitrogens with zero attached hydrogens (tertiary/aromatic N) is 1. The van der Waals surface area contributed by atoms with E-state index >= 15 is 0 Å². The van der Waals surface area contributed by atoms with E-state index in [1.807, 2.05) is 13.1 Å². The maximum Gasteiger partial charge on any atom is 0.343 e. The monoisotopic (exact) mass is 442 g/mol. The van der Waals surface area contributed by atoms with Crippen molar-refractivity contribution in [3.8, 4) is 28.7 Å². The fourth-order valence-corrected chi connectivity index (χ4v) is 5.14. The van der Waals surface area contributed by atoms with Crippen molar-refractivity contribution in [2.45, 2.75) is 25.1 Å². The molecule has 3 heterocycles. The minimum Gasteiger partial charge on any atom is -0.493 e. The summed E-state index contributed by atoms with van der Waals surface area (Å²) in [4.78, 5) is 15.1. The van der Waals surface area contributed by atoms with Crippen LogP contribution in [-0.4, -0.2) is 52.6 Å². The van der Waals surface area contributed by atoms with Crippen LogP contribution in [-0.2, 0) is 17.7 Å². The van der Waals surface area contributed by atoms with Gasteiger partial charge in [-0.25, -0.2) is 4.79 Å². The molecule has 9 nitrogen and oxygen atoms in total. The molecule has 2 atom stereocenters. The predicted molar refractivity (Wildman–Crippen MR) is 114 cm³/mol. The van der Waals surface area contributed by atoms with Crippen molar-refractivity contribution in [1.29, 1.82) is 0 Å². The summed E-state index contributed by atoms with van der Waals surface area (Å²) >= 11 is 0. The van der Waals surface area contributed by atoms with Gasteiger partial charge in [0.25, 0.3) is 0 Å². The standard InChI is InChI=1S/C23H26N2O7/c1-25-8-7-11-13(9-24)19-22(31-10-30-19)21(29-4)15(11)17(25)18-12-5-6-14(27-2)20(28-3)16(12)23(26)32-18/h5-6,17-18H,7-10,24H2,1-4H3/t17-,18+/m1/s1. The molecule has 0 aliphatic carbocycles.